The molecule has 3 nitrogen and oxygen atoms in total. The van der Waals surface area contributed by atoms with Crippen molar-refractivity contribution in [3.63, 3.8) is 0 Å². The lowest BCUT2D eigenvalue weighted by molar-refractivity contribution is 0.473. The van der Waals surface area contributed by atoms with Gasteiger partial charge in [0.05, 0.1) is 11.4 Å². The minimum Gasteiger partial charge on any atom is -0.309 e. The molecule has 0 saturated heterocycles. The third-order valence-electron chi connectivity index (χ3n) is 3.33. The summed E-state index contributed by atoms with van der Waals surface area (Å²) in [7, 11) is 0. The highest BCUT2D eigenvalue weighted by Crippen LogP contribution is 2.21. The topological polar surface area (TPSA) is 29.9 Å². The SMILES string of the molecule is CCCCC(NCC)c1ccnn1-c1ccccc1. The van der Waals surface area contributed by atoms with Crippen LogP contribution in [0.5, 0.6) is 0 Å². The summed E-state index contributed by atoms with van der Waals surface area (Å²) in [6, 6.07) is 12.8. The monoisotopic (exact) mass is 257 g/mol. The van der Waals surface area contributed by atoms with Crippen molar-refractivity contribution in [3.8, 4) is 5.69 Å². The van der Waals surface area contributed by atoms with Crippen molar-refractivity contribution in [2.75, 3.05) is 6.54 Å². The number of rotatable bonds is 7. The number of para-hydroxylation sites is 1. The fourth-order valence-electron chi connectivity index (χ4n) is 2.37. The van der Waals surface area contributed by atoms with Gasteiger partial charge in [0.15, 0.2) is 0 Å². The summed E-state index contributed by atoms with van der Waals surface area (Å²) >= 11 is 0. The molecule has 3 heteroatoms. The largest absolute Gasteiger partial charge is 0.309 e. The van der Waals surface area contributed by atoms with Crippen LogP contribution < -0.4 is 5.32 Å². The summed E-state index contributed by atoms with van der Waals surface area (Å²) in [5.74, 6) is 0. The molecule has 2 aromatic rings. The Labute approximate surface area is 115 Å². The summed E-state index contributed by atoms with van der Waals surface area (Å²) in [5.41, 5.74) is 2.38. The average Bonchev–Trinajstić information content (AvgIpc) is 2.93. The second kappa shape index (κ2) is 7.10. The van der Waals surface area contributed by atoms with Gasteiger partial charge in [-0.1, -0.05) is 44.9 Å². The lowest BCUT2D eigenvalue weighted by Gasteiger charge is -2.19. The van der Waals surface area contributed by atoms with Gasteiger partial charge in [0.1, 0.15) is 0 Å². The number of nitrogens with one attached hydrogen (secondary N) is 1. The van der Waals surface area contributed by atoms with E-state index in [1.165, 1.54) is 18.5 Å². The van der Waals surface area contributed by atoms with Crippen LogP contribution in [-0.2, 0) is 0 Å². The molecule has 0 amide bonds. The summed E-state index contributed by atoms with van der Waals surface area (Å²) in [4.78, 5) is 0. The van der Waals surface area contributed by atoms with E-state index < -0.39 is 0 Å². The van der Waals surface area contributed by atoms with Crippen LogP contribution in [0.25, 0.3) is 5.69 Å². The Bertz CT molecular complexity index is 476. The molecular weight excluding hydrogens is 234 g/mol. The van der Waals surface area contributed by atoms with Crippen molar-refractivity contribution in [1.82, 2.24) is 15.1 Å². The van der Waals surface area contributed by atoms with Gasteiger partial charge in [-0.2, -0.15) is 5.10 Å². The Morgan fingerprint density at radius 3 is 2.63 bits per heavy atom. The second-order valence-corrected chi connectivity index (χ2v) is 4.76. The first-order valence-corrected chi connectivity index (χ1v) is 7.19. The number of aromatic nitrogens is 2. The van der Waals surface area contributed by atoms with E-state index in [2.05, 4.69) is 54.6 Å². The van der Waals surface area contributed by atoms with Crippen LogP contribution in [0.1, 0.15) is 44.8 Å². The van der Waals surface area contributed by atoms with E-state index >= 15 is 0 Å². The average molecular weight is 257 g/mol. The quantitative estimate of drug-likeness (QED) is 0.819. The lowest BCUT2D eigenvalue weighted by Crippen LogP contribution is -2.23. The minimum absolute atomic E-state index is 0.382. The van der Waals surface area contributed by atoms with Gasteiger partial charge in [0, 0.05) is 12.2 Å². The van der Waals surface area contributed by atoms with Gasteiger partial charge in [0.2, 0.25) is 0 Å². The zero-order valence-corrected chi connectivity index (χ0v) is 11.8. The van der Waals surface area contributed by atoms with Crippen LogP contribution in [0.15, 0.2) is 42.6 Å². The van der Waals surface area contributed by atoms with E-state index in [0.717, 1.165) is 18.7 Å². The molecule has 1 heterocycles. The van der Waals surface area contributed by atoms with Crippen LogP contribution in [-0.4, -0.2) is 16.3 Å². The smallest absolute Gasteiger partial charge is 0.0649 e. The van der Waals surface area contributed by atoms with Gasteiger partial charge in [-0.05, 0) is 31.2 Å². The van der Waals surface area contributed by atoms with Gasteiger partial charge >= 0.3 is 0 Å². The number of nitrogens with zero attached hydrogens (tertiary/aromatic N) is 2. The van der Waals surface area contributed by atoms with Gasteiger partial charge in [-0.3, -0.25) is 0 Å². The summed E-state index contributed by atoms with van der Waals surface area (Å²) in [6.07, 6.45) is 5.50. The van der Waals surface area contributed by atoms with Gasteiger partial charge < -0.3 is 5.32 Å². The van der Waals surface area contributed by atoms with Crippen molar-refractivity contribution >= 4 is 0 Å². The fourth-order valence-corrected chi connectivity index (χ4v) is 2.37. The van der Waals surface area contributed by atoms with E-state index in [1.54, 1.807) is 0 Å². The zero-order chi connectivity index (χ0) is 13.5. The Hall–Kier alpha value is -1.61. The molecule has 0 aliphatic heterocycles. The first-order chi connectivity index (χ1) is 9.36. The first-order valence-electron chi connectivity index (χ1n) is 7.19. The Morgan fingerprint density at radius 2 is 1.95 bits per heavy atom. The van der Waals surface area contributed by atoms with E-state index in [4.69, 9.17) is 0 Å². The van der Waals surface area contributed by atoms with Crippen LogP contribution in [0, 0.1) is 0 Å². The molecule has 0 fully saturated rings. The number of benzene rings is 1. The molecule has 0 spiro atoms. The Kier molecular flexibility index (Phi) is 5.16. The molecule has 19 heavy (non-hydrogen) atoms. The second-order valence-electron chi connectivity index (χ2n) is 4.76. The first kappa shape index (κ1) is 13.8. The predicted molar refractivity (Wildman–Crippen MR) is 79.5 cm³/mol. The molecule has 0 aliphatic carbocycles. The summed E-state index contributed by atoms with van der Waals surface area (Å²) in [6.45, 7) is 5.37. The number of unbranched alkanes of at least 4 members (excludes halogenated alkanes) is 1. The molecule has 0 bridgehead atoms. The molecule has 102 valence electrons. The molecule has 1 aromatic heterocycles. The molecule has 0 aliphatic rings. The fraction of sp³-hybridized carbons (Fsp3) is 0.438. The minimum atomic E-state index is 0.382. The highest BCUT2D eigenvalue weighted by Gasteiger charge is 2.15. The highest BCUT2D eigenvalue weighted by atomic mass is 15.3. The molecule has 2 rings (SSSR count). The van der Waals surface area contributed by atoms with Crippen molar-refractivity contribution in [2.24, 2.45) is 0 Å². The van der Waals surface area contributed by atoms with Gasteiger partial charge in [-0.25, -0.2) is 4.68 Å². The van der Waals surface area contributed by atoms with E-state index in [1.807, 2.05) is 16.9 Å². The maximum atomic E-state index is 4.47. The molecule has 1 aromatic carbocycles. The Balaban J connectivity index is 2.26. The molecule has 1 N–H and O–H groups in total. The van der Waals surface area contributed by atoms with E-state index in [-0.39, 0.29) is 0 Å². The predicted octanol–water partition coefficient (Wildman–Crippen LogP) is 3.71. The third kappa shape index (κ3) is 3.44. The standard InChI is InChI=1S/C16H23N3/c1-3-5-11-15(17-4-2)16-12-13-18-19(16)14-9-7-6-8-10-14/h6-10,12-13,15,17H,3-5,11H2,1-2H3. The van der Waals surface area contributed by atoms with Gasteiger partial charge in [-0.15, -0.1) is 0 Å². The summed E-state index contributed by atoms with van der Waals surface area (Å²) in [5, 5.41) is 8.04. The van der Waals surface area contributed by atoms with E-state index in [0.29, 0.717) is 6.04 Å². The van der Waals surface area contributed by atoms with Crippen LogP contribution in [0.2, 0.25) is 0 Å². The number of hydrogen-bond acceptors (Lipinski definition) is 2. The molecule has 0 radical (unpaired) electrons. The highest BCUT2D eigenvalue weighted by molar-refractivity contribution is 5.33. The molecule has 1 atom stereocenters. The lowest BCUT2D eigenvalue weighted by atomic mass is 10.1. The Morgan fingerprint density at radius 1 is 1.16 bits per heavy atom. The van der Waals surface area contributed by atoms with Gasteiger partial charge in [0.25, 0.3) is 0 Å². The number of hydrogen-bond donors (Lipinski definition) is 1. The van der Waals surface area contributed by atoms with Crippen molar-refractivity contribution in [2.45, 2.75) is 39.2 Å². The van der Waals surface area contributed by atoms with Crippen LogP contribution >= 0.6 is 0 Å². The molecule has 1 unspecified atom stereocenters. The maximum Gasteiger partial charge on any atom is 0.0649 e. The zero-order valence-electron chi connectivity index (χ0n) is 11.8. The van der Waals surface area contributed by atoms with Crippen LogP contribution in [0.4, 0.5) is 0 Å². The van der Waals surface area contributed by atoms with Crippen LogP contribution in [0.3, 0.4) is 0 Å². The van der Waals surface area contributed by atoms with Crippen molar-refractivity contribution in [3.05, 3.63) is 48.3 Å². The molecular formula is C16H23N3. The maximum absolute atomic E-state index is 4.47. The summed E-state index contributed by atoms with van der Waals surface area (Å²) < 4.78 is 2.04. The van der Waals surface area contributed by atoms with Crippen molar-refractivity contribution < 1.29 is 0 Å². The third-order valence-corrected chi connectivity index (χ3v) is 3.33. The normalized spacial score (nSPS) is 12.5. The molecule has 0 saturated carbocycles. The van der Waals surface area contributed by atoms with E-state index in [9.17, 15) is 0 Å². The van der Waals surface area contributed by atoms with Crippen molar-refractivity contribution in [1.29, 1.82) is 0 Å².